The van der Waals surface area contributed by atoms with Crippen molar-refractivity contribution in [2.24, 2.45) is 5.92 Å². The molecule has 0 bridgehead atoms. The molecule has 4 rings (SSSR count). The summed E-state index contributed by atoms with van der Waals surface area (Å²) in [6.45, 7) is 6.44. The van der Waals surface area contributed by atoms with Gasteiger partial charge in [-0.15, -0.1) is 11.3 Å². The smallest absolute Gasteiger partial charge is 0.242 e. The van der Waals surface area contributed by atoms with Crippen LogP contribution in [0.5, 0.6) is 0 Å². The van der Waals surface area contributed by atoms with Crippen LogP contribution in [0.4, 0.5) is 0 Å². The molecule has 0 radical (unpaired) electrons. The van der Waals surface area contributed by atoms with Crippen LogP contribution in [-0.2, 0) is 20.8 Å². The Morgan fingerprint density at radius 2 is 2.17 bits per heavy atom. The number of imidazole rings is 1. The molecular weight excluding hydrogens is 390 g/mol. The first-order valence-electron chi connectivity index (χ1n) is 10.2. The summed E-state index contributed by atoms with van der Waals surface area (Å²) in [7, 11) is 0. The molecule has 2 fully saturated rings. The number of piperazine rings is 1. The lowest BCUT2D eigenvalue weighted by Crippen LogP contribution is -2.58. The van der Waals surface area contributed by atoms with Crippen molar-refractivity contribution in [3.05, 3.63) is 23.5 Å². The monoisotopic (exact) mass is 417 g/mol. The number of fused-ring (bicyclic) bond motifs is 2. The fourth-order valence-corrected chi connectivity index (χ4v) is 5.33. The van der Waals surface area contributed by atoms with Gasteiger partial charge in [0.25, 0.3) is 0 Å². The van der Waals surface area contributed by atoms with Crippen LogP contribution in [0.1, 0.15) is 39.3 Å². The van der Waals surface area contributed by atoms with E-state index in [0.717, 1.165) is 11.4 Å². The van der Waals surface area contributed by atoms with Crippen LogP contribution in [-0.4, -0.2) is 68.1 Å². The lowest BCUT2D eigenvalue weighted by atomic mass is 9.96. The van der Waals surface area contributed by atoms with Gasteiger partial charge in [-0.25, -0.2) is 4.98 Å². The number of hydrogen-bond acceptors (Lipinski definition) is 5. The van der Waals surface area contributed by atoms with Gasteiger partial charge in [0.1, 0.15) is 0 Å². The molecule has 2 aromatic heterocycles. The maximum Gasteiger partial charge on any atom is 0.242 e. The molecule has 2 aliphatic rings. The Labute approximate surface area is 173 Å². The van der Waals surface area contributed by atoms with Crippen LogP contribution < -0.4 is 5.32 Å². The standard InChI is InChI=1S/C20H27N5O3S/c1-4-16-15(19(28)21-12(2)3)8-14-10-24(11-18(27)25(14)16)17(26)7-13-9-23-5-6-29-20(23)22-13/h5-6,9,12,14-16H,4,7-8,10-11H2,1-3H3,(H,21,28)/t14-,15-,16-/m0/s1. The van der Waals surface area contributed by atoms with E-state index in [0.29, 0.717) is 18.7 Å². The third kappa shape index (κ3) is 3.75. The Morgan fingerprint density at radius 3 is 2.86 bits per heavy atom. The summed E-state index contributed by atoms with van der Waals surface area (Å²) in [5.41, 5.74) is 0.712. The molecule has 3 amide bonds. The lowest BCUT2D eigenvalue weighted by molar-refractivity contribution is -0.148. The zero-order valence-electron chi connectivity index (χ0n) is 17.0. The number of nitrogens with zero attached hydrogens (tertiary/aromatic N) is 4. The highest BCUT2D eigenvalue weighted by atomic mass is 32.1. The van der Waals surface area contributed by atoms with E-state index in [-0.39, 0.29) is 54.7 Å². The zero-order chi connectivity index (χ0) is 20.7. The van der Waals surface area contributed by atoms with Gasteiger partial charge >= 0.3 is 0 Å². The SMILES string of the molecule is CC[C@H]1[C@@H](C(=O)NC(C)C)C[C@H]2CN(C(=O)Cc3cn4ccsc4n3)CC(=O)N21. The van der Waals surface area contributed by atoms with E-state index in [1.165, 1.54) is 11.3 Å². The molecule has 156 valence electrons. The van der Waals surface area contributed by atoms with E-state index in [4.69, 9.17) is 0 Å². The van der Waals surface area contributed by atoms with E-state index < -0.39 is 0 Å². The largest absolute Gasteiger partial charge is 0.354 e. The van der Waals surface area contributed by atoms with Gasteiger partial charge in [-0.2, -0.15) is 0 Å². The number of rotatable bonds is 5. The molecule has 2 aromatic rings. The lowest BCUT2D eigenvalue weighted by Gasteiger charge is -2.39. The van der Waals surface area contributed by atoms with Crippen molar-refractivity contribution in [2.75, 3.05) is 13.1 Å². The average Bonchev–Trinajstić information content (AvgIpc) is 3.33. The molecule has 1 N–H and O–H groups in total. The van der Waals surface area contributed by atoms with Crippen molar-refractivity contribution in [3.63, 3.8) is 0 Å². The maximum absolute atomic E-state index is 12.9. The number of aromatic nitrogens is 2. The van der Waals surface area contributed by atoms with E-state index in [9.17, 15) is 14.4 Å². The minimum absolute atomic E-state index is 0.00464. The van der Waals surface area contributed by atoms with Crippen LogP contribution in [0.25, 0.3) is 4.96 Å². The van der Waals surface area contributed by atoms with Crippen molar-refractivity contribution < 1.29 is 14.4 Å². The van der Waals surface area contributed by atoms with Gasteiger partial charge in [-0.1, -0.05) is 6.92 Å². The fourth-order valence-electron chi connectivity index (χ4n) is 4.62. The Balaban J connectivity index is 1.45. The highest BCUT2D eigenvalue weighted by Gasteiger charge is 2.49. The van der Waals surface area contributed by atoms with Crippen molar-refractivity contribution in [1.82, 2.24) is 24.5 Å². The van der Waals surface area contributed by atoms with Gasteiger partial charge in [-0.05, 0) is 26.7 Å². The molecule has 0 aromatic carbocycles. The second kappa shape index (κ2) is 7.78. The Bertz CT molecular complexity index is 907. The summed E-state index contributed by atoms with van der Waals surface area (Å²) in [6, 6.07) is -0.127. The number of thiazole rings is 1. The van der Waals surface area contributed by atoms with Gasteiger partial charge < -0.3 is 15.1 Å². The van der Waals surface area contributed by atoms with E-state index in [1.54, 1.807) is 4.90 Å². The van der Waals surface area contributed by atoms with Crippen LogP contribution in [0.15, 0.2) is 17.8 Å². The van der Waals surface area contributed by atoms with Crippen LogP contribution in [0, 0.1) is 5.92 Å². The Hall–Kier alpha value is -2.42. The quantitative estimate of drug-likeness (QED) is 0.795. The van der Waals surface area contributed by atoms with E-state index in [2.05, 4.69) is 10.3 Å². The summed E-state index contributed by atoms with van der Waals surface area (Å²) in [6.07, 6.45) is 5.29. The molecule has 0 aliphatic carbocycles. The molecule has 29 heavy (non-hydrogen) atoms. The molecule has 2 aliphatic heterocycles. The first kappa shape index (κ1) is 19.9. The molecule has 0 spiro atoms. The third-order valence-corrected chi connectivity index (χ3v) is 6.57. The number of carbonyl (C=O) groups is 3. The highest BCUT2D eigenvalue weighted by molar-refractivity contribution is 7.15. The van der Waals surface area contributed by atoms with Gasteiger partial charge in [0, 0.05) is 36.4 Å². The fraction of sp³-hybridized carbons (Fsp3) is 0.600. The number of hydrogen-bond donors (Lipinski definition) is 1. The molecule has 9 heteroatoms. The van der Waals surface area contributed by atoms with Gasteiger partial charge in [0.05, 0.1) is 30.6 Å². The van der Waals surface area contributed by atoms with Crippen LogP contribution in [0.3, 0.4) is 0 Å². The van der Waals surface area contributed by atoms with Crippen molar-refractivity contribution >= 4 is 34.0 Å². The Kier molecular flexibility index (Phi) is 5.33. The normalized spacial score (nSPS) is 24.4. The van der Waals surface area contributed by atoms with Gasteiger partial charge in [0.15, 0.2) is 4.96 Å². The molecule has 8 nitrogen and oxygen atoms in total. The van der Waals surface area contributed by atoms with Crippen molar-refractivity contribution in [3.8, 4) is 0 Å². The third-order valence-electron chi connectivity index (χ3n) is 5.80. The number of nitrogens with one attached hydrogen (secondary N) is 1. The predicted octanol–water partition coefficient (Wildman–Crippen LogP) is 1.30. The van der Waals surface area contributed by atoms with E-state index >= 15 is 0 Å². The topological polar surface area (TPSA) is 87.0 Å². The summed E-state index contributed by atoms with van der Waals surface area (Å²) in [5.74, 6) is -0.365. The highest BCUT2D eigenvalue weighted by Crippen LogP contribution is 2.35. The molecule has 4 heterocycles. The zero-order valence-corrected chi connectivity index (χ0v) is 17.8. The maximum atomic E-state index is 12.9. The summed E-state index contributed by atoms with van der Waals surface area (Å²) in [5, 5.41) is 4.93. The van der Waals surface area contributed by atoms with Crippen LogP contribution in [0.2, 0.25) is 0 Å². The molecule has 0 saturated carbocycles. The van der Waals surface area contributed by atoms with E-state index in [1.807, 2.05) is 47.8 Å². The summed E-state index contributed by atoms with van der Waals surface area (Å²) < 4.78 is 1.90. The second-order valence-electron chi connectivity index (χ2n) is 8.21. The van der Waals surface area contributed by atoms with Gasteiger partial charge in [0.2, 0.25) is 17.7 Å². The summed E-state index contributed by atoms with van der Waals surface area (Å²) in [4.78, 5) is 47.2. The first-order valence-corrected chi connectivity index (χ1v) is 11.1. The Morgan fingerprint density at radius 1 is 1.38 bits per heavy atom. The summed E-state index contributed by atoms with van der Waals surface area (Å²) >= 11 is 1.52. The minimum atomic E-state index is -0.216. The first-order chi connectivity index (χ1) is 13.9. The molecule has 3 atom stereocenters. The molecule has 0 unspecified atom stereocenters. The number of amides is 3. The average molecular weight is 418 g/mol. The van der Waals surface area contributed by atoms with Crippen LogP contribution >= 0.6 is 11.3 Å². The van der Waals surface area contributed by atoms with Crippen molar-refractivity contribution in [2.45, 2.75) is 58.2 Å². The number of carbonyl (C=O) groups excluding carboxylic acids is 3. The molecule has 2 saturated heterocycles. The minimum Gasteiger partial charge on any atom is -0.354 e. The molecular formula is C20H27N5O3S. The second-order valence-corrected chi connectivity index (χ2v) is 9.09. The van der Waals surface area contributed by atoms with Crippen molar-refractivity contribution in [1.29, 1.82) is 0 Å². The predicted molar refractivity (Wildman–Crippen MR) is 109 cm³/mol. The van der Waals surface area contributed by atoms with Gasteiger partial charge in [-0.3, -0.25) is 18.8 Å².